The number of rotatable bonds is 6. The molecule has 22 heavy (non-hydrogen) atoms. The summed E-state index contributed by atoms with van der Waals surface area (Å²) in [5.41, 5.74) is 1.90. The van der Waals surface area contributed by atoms with Gasteiger partial charge in [-0.05, 0) is 63.4 Å². The highest BCUT2D eigenvalue weighted by Gasteiger charge is 2.18. The van der Waals surface area contributed by atoms with Gasteiger partial charge in [0.1, 0.15) is 0 Å². The number of aliphatic hydroxyl groups excluding tert-OH is 1. The molecule has 1 aliphatic heterocycles. The van der Waals surface area contributed by atoms with Gasteiger partial charge < -0.3 is 15.0 Å². The van der Waals surface area contributed by atoms with Crippen molar-refractivity contribution in [3.8, 4) is 0 Å². The number of hydrogen-bond acceptors (Lipinski definition) is 3. The molecule has 120 valence electrons. The van der Waals surface area contributed by atoms with Gasteiger partial charge in [0, 0.05) is 13.2 Å². The van der Waals surface area contributed by atoms with Crippen LogP contribution in [0.5, 0.6) is 0 Å². The van der Waals surface area contributed by atoms with Crippen LogP contribution in [0, 0.1) is 5.92 Å². The fraction of sp³-hybridized carbons (Fsp3) is 0.588. The lowest BCUT2D eigenvalue weighted by molar-refractivity contribution is 0.156. The summed E-state index contributed by atoms with van der Waals surface area (Å²) in [4.78, 5) is 17.4. The SMILES string of the molecule is O=c1[nH]c2ccccc2n1CCCN1CCC(CCO)CC1. The second-order valence-electron chi connectivity index (χ2n) is 6.25. The van der Waals surface area contributed by atoms with Crippen LogP contribution in [-0.4, -0.2) is 45.8 Å². The Morgan fingerprint density at radius 1 is 1.18 bits per heavy atom. The lowest BCUT2D eigenvalue weighted by Gasteiger charge is -2.31. The van der Waals surface area contributed by atoms with Gasteiger partial charge in [-0.15, -0.1) is 0 Å². The zero-order chi connectivity index (χ0) is 15.4. The van der Waals surface area contributed by atoms with Crippen molar-refractivity contribution in [2.75, 3.05) is 26.2 Å². The molecule has 0 atom stereocenters. The average molecular weight is 303 g/mol. The molecule has 5 heteroatoms. The van der Waals surface area contributed by atoms with Gasteiger partial charge in [0.2, 0.25) is 0 Å². The number of hydrogen-bond donors (Lipinski definition) is 2. The van der Waals surface area contributed by atoms with E-state index >= 15 is 0 Å². The Labute approximate surface area is 130 Å². The molecule has 1 saturated heterocycles. The second-order valence-corrected chi connectivity index (χ2v) is 6.25. The number of fused-ring (bicyclic) bond motifs is 1. The highest BCUT2D eigenvalue weighted by Crippen LogP contribution is 2.20. The van der Waals surface area contributed by atoms with Gasteiger partial charge in [0.15, 0.2) is 0 Å². The van der Waals surface area contributed by atoms with Crippen LogP contribution in [0.4, 0.5) is 0 Å². The van der Waals surface area contributed by atoms with E-state index in [0.717, 1.165) is 50.1 Å². The number of nitrogens with one attached hydrogen (secondary N) is 1. The Balaban J connectivity index is 1.51. The van der Waals surface area contributed by atoms with Gasteiger partial charge in [-0.2, -0.15) is 0 Å². The molecule has 0 amide bonds. The van der Waals surface area contributed by atoms with E-state index in [1.165, 1.54) is 12.8 Å². The van der Waals surface area contributed by atoms with Crippen molar-refractivity contribution in [1.82, 2.24) is 14.5 Å². The second kappa shape index (κ2) is 7.11. The van der Waals surface area contributed by atoms with E-state index in [9.17, 15) is 4.79 Å². The third-order valence-corrected chi connectivity index (χ3v) is 4.78. The number of para-hydroxylation sites is 2. The Bertz CT molecular complexity index is 653. The molecule has 0 saturated carbocycles. The number of aryl methyl sites for hydroxylation is 1. The summed E-state index contributed by atoms with van der Waals surface area (Å²) in [7, 11) is 0. The molecule has 0 radical (unpaired) electrons. The predicted octanol–water partition coefficient (Wildman–Crippen LogP) is 1.81. The number of H-pyrrole nitrogens is 1. The molecule has 1 fully saturated rings. The van der Waals surface area contributed by atoms with Gasteiger partial charge in [-0.3, -0.25) is 4.57 Å². The Morgan fingerprint density at radius 2 is 1.95 bits per heavy atom. The average Bonchev–Trinajstić information content (AvgIpc) is 2.85. The maximum atomic E-state index is 12.0. The van der Waals surface area contributed by atoms with Crippen molar-refractivity contribution in [3.05, 3.63) is 34.7 Å². The minimum absolute atomic E-state index is 0.0112. The van der Waals surface area contributed by atoms with Crippen LogP contribution in [0.1, 0.15) is 25.7 Å². The van der Waals surface area contributed by atoms with E-state index in [1.807, 2.05) is 28.8 Å². The normalized spacial score (nSPS) is 17.3. The number of aromatic nitrogens is 2. The van der Waals surface area contributed by atoms with Gasteiger partial charge >= 0.3 is 5.69 Å². The minimum Gasteiger partial charge on any atom is -0.396 e. The molecule has 1 aliphatic rings. The summed E-state index contributed by atoms with van der Waals surface area (Å²) in [6, 6.07) is 7.85. The summed E-state index contributed by atoms with van der Waals surface area (Å²) in [6.45, 7) is 4.35. The van der Waals surface area contributed by atoms with Crippen LogP contribution < -0.4 is 5.69 Å². The number of benzene rings is 1. The van der Waals surface area contributed by atoms with Crippen molar-refractivity contribution >= 4 is 11.0 Å². The Hall–Kier alpha value is -1.59. The smallest absolute Gasteiger partial charge is 0.326 e. The highest BCUT2D eigenvalue weighted by molar-refractivity contribution is 5.74. The lowest BCUT2D eigenvalue weighted by Crippen LogP contribution is -2.35. The first-order chi connectivity index (χ1) is 10.8. The summed E-state index contributed by atoms with van der Waals surface area (Å²) in [5, 5.41) is 9.00. The molecular weight excluding hydrogens is 278 g/mol. The first-order valence-corrected chi connectivity index (χ1v) is 8.28. The van der Waals surface area contributed by atoms with Gasteiger partial charge in [0.25, 0.3) is 0 Å². The maximum Gasteiger partial charge on any atom is 0.326 e. The Kier molecular flexibility index (Phi) is 4.95. The molecule has 1 aromatic heterocycles. The van der Waals surface area contributed by atoms with Crippen LogP contribution in [0.3, 0.4) is 0 Å². The number of nitrogens with zero attached hydrogens (tertiary/aromatic N) is 2. The van der Waals surface area contributed by atoms with Gasteiger partial charge in [-0.1, -0.05) is 12.1 Å². The van der Waals surface area contributed by atoms with E-state index < -0.39 is 0 Å². The summed E-state index contributed by atoms with van der Waals surface area (Å²) < 4.78 is 1.84. The molecule has 2 N–H and O–H groups in total. The molecule has 1 aromatic carbocycles. The van der Waals surface area contributed by atoms with Crippen molar-refractivity contribution in [2.45, 2.75) is 32.2 Å². The fourth-order valence-corrected chi connectivity index (χ4v) is 3.46. The number of piperidine rings is 1. The summed E-state index contributed by atoms with van der Waals surface area (Å²) in [5.74, 6) is 0.692. The zero-order valence-corrected chi connectivity index (χ0v) is 13.0. The largest absolute Gasteiger partial charge is 0.396 e. The van der Waals surface area contributed by atoms with E-state index in [0.29, 0.717) is 12.5 Å². The lowest BCUT2D eigenvalue weighted by atomic mass is 9.94. The van der Waals surface area contributed by atoms with Crippen molar-refractivity contribution in [3.63, 3.8) is 0 Å². The summed E-state index contributed by atoms with van der Waals surface area (Å²) in [6.07, 6.45) is 4.31. The third kappa shape index (κ3) is 3.42. The number of imidazole rings is 1. The molecule has 0 spiro atoms. The van der Waals surface area contributed by atoms with Crippen molar-refractivity contribution in [1.29, 1.82) is 0 Å². The van der Waals surface area contributed by atoms with Crippen LogP contribution in [0.15, 0.2) is 29.1 Å². The fourth-order valence-electron chi connectivity index (χ4n) is 3.46. The molecule has 2 aromatic rings. The maximum absolute atomic E-state index is 12.0. The monoisotopic (exact) mass is 303 g/mol. The van der Waals surface area contributed by atoms with E-state index in [2.05, 4.69) is 9.88 Å². The molecule has 3 rings (SSSR count). The summed E-state index contributed by atoms with van der Waals surface area (Å²) >= 11 is 0. The number of likely N-dealkylation sites (tertiary alicyclic amines) is 1. The van der Waals surface area contributed by atoms with Gasteiger partial charge in [0.05, 0.1) is 11.0 Å². The van der Waals surface area contributed by atoms with E-state index in [4.69, 9.17) is 5.11 Å². The molecule has 0 unspecified atom stereocenters. The van der Waals surface area contributed by atoms with Crippen molar-refractivity contribution < 1.29 is 5.11 Å². The Morgan fingerprint density at radius 3 is 2.73 bits per heavy atom. The molecule has 2 heterocycles. The molecular formula is C17H25N3O2. The van der Waals surface area contributed by atoms with Crippen LogP contribution in [0.25, 0.3) is 11.0 Å². The van der Waals surface area contributed by atoms with Gasteiger partial charge in [-0.25, -0.2) is 4.79 Å². The standard InChI is InChI=1S/C17H25N3O2/c21-13-8-14-6-11-19(12-7-14)9-3-10-20-16-5-2-1-4-15(16)18-17(20)22/h1-2,4-5,14,21H,3,6-13H2,(H,18,22). The van der Waals surface area contributed by atoms with Crippen LogP contribution in [-0.2, 0) is 6.54 Å². The minimum atomic E-state index is -0.0112. The van der Waals surface area contributed by atoms with E-state index in [-0.39, 0.29) is 5.69 Å². The highest BCUT2D eigenvalue weighted by atomic mass is 16.3. The molecule has 0 aliphatic carbocycles. The first kappa shape index (κ1) is 15.3. The topological polar surface area (TPSA) is 61.3 Å². The van der Waals surface area contributed by atoms with E-state index in [1.54, 1.807) is 0 Å². The number of aliphatic hydroxyl groups is 1. The predicted molar refractivity (Wildman–Crippen MR) is 88.0 cm³/mol. The third-order valence-electron chi connectivity index (χ3n) is 4.78. The number of aromatic amines is 1. The first-order valence-electron chi connectivity index (χ1n) is 8.28. The van der Waals surface area contributed by atoms with Crippen molar-refractivity contribution in [2.24, 2.45) is 5.92 Å². The quantitative estimate of drug-likeness (QED) is 0.855. The van der Waals surface area contributed by atoms with Crippen LogP contribution in [0.2, 0.25) is 0 Å². The molecule has 0 bridgehead atoms. The van der Waals surface area contributed by atoms with Crippen LogP contribution >= 0.6 is 0 Å². The zero-order valence-electron chi connectivity index (χ0n) is 13.0. The molecule has 5 nitrogen and oxygen atoms in total.